The van der Waals surface area contributed by atoms with Crippen molar-refractivity contribution in [2.24, 2.45) is 0 Å². The van der Waals surface area contributed by atoms with Crippen LogP contribution in [0.5, 0.6) is 11.5 Å². The van der Waals surface area contributed by atoms with Crippen LogP contribution >= 0.6 is 0 Å². The third-order valence-electron chi connectivity index (χ3n) is 9.91. The van der Waals surface area contributed by atoms with Crippen LogP contribution in [0.25, 0.3) is 33.4 Å². The number of anilines is 1. The topological polar surface area (TPSA) is 35.2 Å². The summed E-state index contributed by atoms with van der Waals surface area (Å²) < 4.78 is 6.52. The molecule has 2 aliphatic carbocycles. The first kappa shape index (κ1) is 23.6. The standard InChI is InChI=1S/C40H29NO/c1-39(2)30-12-5-3-10-26(30)28-20-18-24(22-34(28)39)25-19-21-29-27-11-4-6-13-31(27)40(35(29)23-25)32-14-7-8-17-37(32)42-38-33(40)15-9-16-36(38)41/h3-23H,41H2,1-2H3. The summed E-state index contributed by atoms with van der Waals surface area (Å²) in [5.41, 5.74) is 21.9. The predicted molar refractivity (Wildman–Crippen MR) is 171 cm³/mol. The first-order valence-electron chi connectivity index (χ1n) is 14.6. The van der Waals surface area contributed by atoms with Crippen molar-refractivity contribution in [3.05, 3.63) is 161 Å². The zero-order valence-electron chi connectivity index (χ0n) is 23.6. The Balaban J connectivity index is 1.32. The first-order chi connectivity index (χ1) is 20.5. The molecule has 0 amide bonds. The van der Waals surface area contributed by atoms with Gasteiger partial charge in [-0.15, -0.1) is 0 Å². The summed E-state index contributed by atoms with van der Waals surface area (Å²) in [6, 6.07) is 46.3. The van der Waals surface area contributed by atoms with E-state index in [2.05, 4.69) is 129 Å². The van der Waals surface area contributed by atoms with Gasteiger partial charge in [0.05, 0.1) is 11.1 Å². The number of fused-ring (bicyclic) bond motifs is 12. The van der Waals surface area contributed by atoms with E-state index in [4.69, 9.17) is 10.5 Å². The molecule has 200 valence electrons. The highest BCUT2D eigenvalue weighted by Crippen LogP contribution is 2.63. The quantitative estimate of drug-likeness (QED) is 0.211. The molecule has 0 aromatic heterocycles. The number of nitrogens with two attached hydrogens (primary N) is 1. The fourth-order valence-electron chi connectivity index (χ4n) is 8.01. The van der Waals surface area contributed by atoms with E-state index >= 15 is 0 Å². The molecule has 1 heterocycles. The van der Waals surface area contributed by atoms with E-state index < -0.39 is 5.41 Å². The zero-order valence-corrected chi connectivity index (χ0v) is 23.6. The maximum Gasteiger partial charge on any atom is 0.155 e. The Labute approximate surface area is 246 Å². The fourth-order valence-corrected chi connectivity index (χ4v) is 8.01. The van der Waals surface area contributed by atoms with Crippen LogP contribution in [0.1, 0.15) is 47.2 Å². The van der Waals surface area contributed by atoms with Crippen LogP contribution < -0.4 is 10.5 Å². The summed E-state index contributed by atoms with van der Waals surface area (Å²) in [5.74, 6) is 1.61. The van der Waals surface area contributed by atoms with E-state index in [1.165, 1.54) is 55.6 Å². The Morgan fingerprint density at radius 1 is 0.476 bits per heavy atom. The second-order valence-electron chi connectivity index (χ2n) is 12.3. The number of ether oxygens (including phenoxy) is 1. The van der Waals surface area contributed by atoms with E-state index in [1.54, 1.807) is 0 Å². The minimum absolute atomic E-state index is 0.0494. The highest BCUT2D eigenvalue weighted by molar-refractivity contribution is 5.91. The molecule has 9 rings (SSSR count). The fraction of sp³-hybridized carbons (Fsp3) is 0.100. The van der Waals surface area contributed by atoms with E-state index in [0.29, 0.717) is 5.69 Å². The van der Waals surface area contributed by atoms with Crippen LogP contribution in [0.4, 0.5) is 5.69 Å². The monoisotopic (exact) mass is 539 g/mol. The second kappa shape index (κ2) is 8.02. The zero-order chi connectivity index (χ0) is 28.2. The van der Waals surface area contributed by atoms with Crippen LogP contribution in [0, 0.1) is 0 Å². The number of hydrogen-bond donors (Lipinski definition) is 1. The van der Waals surface area contributed by atoms with E-state index in [9.17, 15) is 0 Å². The number of nitrogen functional groups attached to an aromatic ring is 1. The van der Waals surface area contributed by atoms with Crippen molar-refractivity contribution in [3.8, 4) is 44.9 Å². The molecule has 0 fully saturated rings. The van der Waals surface area contributed by atoms with Gasteiger partial charge in [0, 0.05) is 16.5 Å². The third-order valence-corrected chi connectivity index (χ3v) is 9.91. The number of hydrogen-bond acceptors (Lipinski definition) is 2. The summed E-state index contributed by atoms with van der Waals surface area (Å²) in [6.07, 6.45) is 0. The molecule has 3 aliphatic rings. The van der Waals surface area contributed by atoms with Gasteiger partial charge in [-0.25, -0.2) is 0 Å². The van der Waals surface area contributed by atoms with Crippen LogP contribution in [0.2, 0.25) is 0 Å². The van der Waals surface area contributed by atoms with Crippen molar-refractivity contribution in [1.29, 1.82) is 0 Å². The molecule has 1 aliphatic heterocycles. The molecule has 0 bridgehead atoms. The van der Waals surface area contributed by atoms with Gasteiger partial charge < -0.3 is 10.5 Å². The summed E-state index contributed by atoms with van der Waals surface area (Å²) >= 11 is 0. The molecule has 1 spiro atoms. The molecule has 2 N–H and O–H groups in total. The molecule has 0 saturated carbocycles. The average Bonchev–Trinajstić information content (AvgIpc) is 3.44. The van der Waals surface area contributed by atoms with E-state index in [0.717, 1.165) is 22.6 Å². The van der Waals surface area contributed by atoms with Gasteiger partial charge in [-0.3, -0.25) is 0 Å². The molecule has 1 atom stereocenters. The van der Waals surface area contributed by atoms with Crippen molar-refractivity contribution in [3.63, 3.8) is 0 Å². The second-order valence-corrected chi connectivity index (χ2v) is 12.3. The van der Waals surface area contributed by atoms with Gasteiger partial charge in [0.2, 0.25) is 0 Å². The SMILES string of the molecule is CC1(C)c2ccccc2-c2ccc(-c3ccc4c(c3)C3(c5ccccc5Oc5c(N)cccc53)c3ccccc3-4)cc21. The van der Waals surface area contributed by atoms with Crippen molar-refractivity contribution in [1.82, 2.24) is 0 Å². The lowest BCUT2D eigenvalue weighted by Gasteiger charge is -2.39. The number of para-hydroxylation sites is 2. The molecule has 2 heteroatoms. The van der Waals surface area contributed by atoms with Gasteiger partial charge in [0.25, 0.3) is 0 Å². The third kappa shape index (κ3) is 2.79. The first-order valence-corrected chi connectivity index (χ1v) is 14.6. The van der Waals surface area contributed by atoms with Crippen molar-refractivity contribution in [2.45, 2.75) is 24.7 Å². The summed E-state index contributed by atoms with van der Waals surface area (Å²) in [6.45, 7) is 4.69. The minimum atomic E-state index is -0.534. The highest BCUT2D eigenvalue weighted by Gasteiger charge is 2.51. The lowest BCUT2D eigenvalue weighted by molar-refractivity contribution is 0.438. The summed E-state index contributed by atoms with van der Waals surface area (Å²) in [7, 11) is 0. The molecule has 2 nitrogen and oxygen atoms in total. The Kier molecular flexibility index (Phi) is 4.51. The molecule has 1 unspecified atom stereocenters. The average molecular weight is 540 g/mol. The minimum Gasteiger partial charge on any atom is -0.455 e. The predicted octanol–water partition coefficient (Wildman–Crippen LogP) is 9.71. The molecule has 0 radical (unpaired) electrons. The summed E-state index contributed by atoms with van der Waals surface area (Å²) in [5, 5.41) is 0. The van der Waals surface area contributed by atoms with E-state index in [-0.39, 0.29) is 5.41 Å². The Bertz CT molecular complexity index is 2120. The Hall–Kier alpha value is -5.08. The maximum absolute atomic E-state index is 6.60. The number of rotatable bonds is 1. The largest absolute Gasteiger partial charge is 0.455 e. The van der Waals surface area contributed by atoms with Crippen LogP contribution in [-0.2, 0) is 10.8 Å². The number of benzene rings is 6. The molecule has 42 heavy (non-hydrogen) atoms. The van der Waals surface area contributed by atoms with Gasteiger partial charge in [-0.1, -0.05) is 117 Å². The molecule has 6 aromatic rings. The Morgan fingerprint density at radius 2 is 1.02 bits per heavy atom. The highest BCUT2D eigenvalue weighted by atomic mass is 16.5. The lowest BCUT2D eigenvalue weighted by atomic mass is 9.65. The van der Waals surface area contributed by atoms with E-state index in [1.807, 2.05) is 12.1 Å². The van der Waals surface area contributed by atoms with Gasteiger partial charge >= 0.3 is 0 Å². The van der Waals surface area contributed by atoms with Gasteiger partial charge in [-0.2, -0.15) is 0 Å². The molecule has 6 aromatic carbocycles. The molecular formula is C40H29NO. The normalized spacial score (nSPS) is 17.9. The van der Waals surface area contributed by atoms with Crippen LogP contribution in [0.15, 0.2) is 127 Å². The molecular weight excluding hydrogens is 510 g/mol. The van der Waals surface area contributed by atoms with Crippen molar-refractivity contribution in [2.75, 3.05) is 5.73 Å². The lowest BCUT2D eigenvalue weighted by Crippen LogP contribution is -2.32. The van der Waals surface area contributed by atoms with Crippen molar-refractivity contribution < 1.29 is 4.74 Å². The summed E-state index contributed by atoms with van der Waals surface area (Å²) in [4.78, 5) is 0. The smallest absolute Gasteiger partial charge is 0.155 e. The van der Waals surface area contributed by atoms with Crippen molar-refractivity contribution >= 4 is 5.69 Å². The Morgan fingerprint density at radius 3 is 1.79 bits per heavy atom. The van der Waals surface area contributed by atoms with Crippen LogP contribution in [-0.4, -0.2) is 0 Å². The van der Waals surface area contributed by atoms with Gasteiger partial charge in [0.1, 0.15) is 5.75 Å². The van der Waals surface area contributed by atoms with Gasteiger partial charge in [-0.05, 0) is 79.9 Å². The van der Waals surface area contributed by atoms with Gasteiger partial charge in [0.15, 0.2) is 5.75 Å². The molecule has 0 saturated heterocycles. The maximum atomic E-state index is 6.60. The van der Waals surface area contributed by atoms with Crippen LogP contribution in [0.3, 0.4) is 0 Å².